The molecule has 0 spiro atoms. The van der Waals surface area contributed by atoms with E-state index in [1.807, 2.05) is 0 Å². The Morgan fingerprint density at radius 2 is 1.80 bits per heavy atom. The zero-order valence-electron chi connectivity index (χ0n) is 11.7. The van der Waals surface area contributed by atoms with Gasteiger partial charge >= 0.3 is 0 Å². The van der Waals surface area contributed by atoms with E-state index in [-0.39, 0.29) is 17.8 Å². The fraction of sp³-hybridized carbons (Fsp3) is 0.533. The van der Waals surface area contributed by atoms with Crippen LogP contribution in [0.4, 0.5) is 8.78 Å². The number of nitrogens with zero attached hydrogens (tertiary/aromatic N) is 2. The van der Waals surface area contributed by atoms with Gasteiger partial charge in [-0.25, -0.2) is 8.78 Å². The van der Waals surface area contributed by atoms with E-state index in [0.29, 0.717) is 6.54 Å². The van der Waals surface area contributed by atoms with Crippen molar-refractivity contribution in [1.82, 2.24) is 9.80 Å². The Balaban J connectivity index is 1.85. The number of hydrogen-bond donors (Lipinski definition) is 0. The number of ketones is 1. The van der Waals surface area contributed by atoms with Crippen LogP contribution in [0.2, 0.25) is 0 Å². The molecule has 1 aromatic carbocycles. The first kappa shape index (κ1) is 15.1. The van der Waals surface area contributed by atoms with Crippen LogP contribution in [0.15, 0.2) is 18.2 Å². The van der Waals surface area contributed by atoms with Crippen molar-refractivity contribution >= 4 is 5.78 Å². The van der Waals surface area contributed by atoms with Gasteiger partial charge in [-0.1, -0.05) is 13.0 Å². The highest BCUT2D eigenvalue weighted by atomic mass is 19.2. The standard InChI is InChI=1S/C15H20F2N2O/c1-2-18-8-10-19(11-9-18)7-6-14(20)12-4-3-5-13(16)15(12)17/h3-5H,2,6-11H2,1H3. The maximum Gasteiger partial charge on any atom is 0.169 e. The number of benzene rings is 1. The molecule has 0 N–H and O–H groups in total. The number of hydrogen-bond acceptors (Lipinski definition) is 3. The molecule has 20 heavy (non-hydrogen) atoms. The van der Waals surface area contributed by atoms with Crippen molar-refractivity contribution in [1.29, 1.82) is 0 Å². The van der Waals surface area contributed by atoms with Gasteiger partial charge in [0.05, 0.1) is 5.56 Å². The molecular weight excluding hydrogens is 262 g/mol. The molecular formula is C15H20F2N2O. The number of halogens is 2. The molecule has 0 aliphatic carbocycles. The molecule has 0 amide bonds. The molecule has 2 rings (SSSR count). The van der Waals surface area contributed by atoms with E-state index in [1.165, 1.54) is 12.1 Å². The molecule has 1 aliphatic rings. The topological polar surface area (TPSA) is 23.6 Å². The fourth-order valence-electron chi connectivity index (χ4n) is 2.44. The third kappa shape index (κ3) is 3.61. The molecule has 110 valence electrons. The van der Waals surface area contributed by atoms with Crippen molar-refractivity contribution in [2.24, 2.45) is 0 Å². The second kappa shape index (κ2) is 6.90. The summed E-state index contributed by atoms with van der Waals surface area (Å²) in [6, 6.07) is 3.73. The van der Waals surface area contributed by atoms with Crippen LogP contribution >= 0.6 is 0 Å². The summed E-state index contributed by atoms with van der Waals surface area (Å²) < 4.78 is 26.6. The summed E-state index contributed by atoms with van der Waals surface area (Å²) in [5.74, 6) is -2.33. The Morgan fingerprint density at radius 3 is 2.45 bits per heavy atom. The summed E-state index contributed by atoms with van der Waals surface area (Å²) in [7, 11) is 0. The van der Waals surface area contributed by atoms with E-state index in [4.69, 9.17) is 0 Å². The highest BCUT2D eigenvalue weighted by molar-refractivity contribution is 5.96. The Hall–Kier alpha value is -1.33. The lowest BCUT2D eigenvalue weighted by Gasteiger charge is -2.33. The first-order valence-corrected chi connectivity index (χ1v) is 7.03. The molecule has 1 aliphatic heterocycles. The minimum absolute atomic E-state index is 0.141. The second-order valence-corrected chi connectivity index (χ2v) is 5.05. The molecule has 0 atom stereocenters. The van der Waals surface area contributed by atoms with Gasteiger partial charge in [-0.2, -0.15) is 0 Å². The van der Waals surface area contributed by atoms with Gasteiger partial charge in [0.1, 0.15) is 0 Å². The predicted molar refractivity (Wildman–Crippen MR) is 73.9 cm³/mol. The number of Topliss-reactive ketones (excluding diaryl/α,β-unsaturated/α-hetero) is 1. The Kier molecular flexibility index (Phi) is 5.20. The molecule has 1 heterocycles. The monoisotopic (exact) mass is 282 g/mol. The molecule has 1 saturated heterocycles. The SMILES string of the molecule is CCN1CCN(CCC(=O)c2cccc(F)c2F)CC1. The van der Waals surface area contributed by atoms with Gasteiger partial charge in [0.2, 0.25) is 0 Å². The molecule has 3 nitrogen and oxygen atoms in total. The Morgan fingerprint density at radius 1 is 1.15 bits per heavy atom. The van der Waals surface area contributed by atoms with Crippen molar-refractivity contribution in [2.75, 3.05) is 39.3 Å². The second-order valence-electron chi connectivity index (χ2n) is 5.05. The van der Waals surface area contributed by atoms with E-state index in [2.05, 4.69) is 16.7 Å². The number of likely N-dealkylation sites (N-methyl/N-ethyl adjacent to an activating group) is 1. The van der Waals surface area contributed by atoms with Gasteiger partial charge < -0.3 is 9.80 Å². The lowest BCUT2D eigenvalue weighted by atomic mass is 10.1. The zero-order chi connectivity index (χ0) is 14.5. The Labute approximate surface area is 118 Å². The van der Waals surface area contributed by atoms with Crippen molar-refractivity contribution < 1.29 is 13.6 Å². The van der Waals surface area contributed by atoms with E-state index < -0.39 is 11.6 Å². The number of carbonyl (C=O) groups excluding carboxylic acids is 1. The first-order chi connectivity index (χ1) is 9.61. The molecule has 1 fully saturated rings. The molecule has 0 unspecified atom stereocenters. The lowest BCUT2D eigenvalue weighted by Crippen LogP contribution is -2.46. The van der Waals surface area contributed by atoms with Crippen LogP contribution in [0, 0.1) is 11.6 Å². The third-order valence-electron chi connectivity index (χ3n) is 3.82. The molecule has 1 aromatic rings. The van der Waals surface area contributed by atoms with Gasteiger partial charge in [-0.3, -0.25) is 4.79 Å². The lowest BCUT2D eigenvalue weighted by molar-refractivity contribution is 0.0927. The van der Waals surface area contributed by atoms with Crippen molar-refractivity contribution in [3.8, 4) is 0 Å². The molecule has 0 radical (unpaired) electrons. The molecule has 0 bridgehead atoms. The fourth-order valence-corrected chi connectivity index (χ4v) is 2.44. The maximum absolute atomic E-state index is 13.5. The van der Waals surface area contributed by atoms with Crippen molar-refractivity contribution in [2.45, 2.75) is 13.3 Å². The number of piperazine rings is 1. The molecule has 0 aromatic heterocycles. The quantitative estimate of drug-likeness (QED) is 0.773. The summed E-state index contributed by atoms with van der Waals surface area (Å²) in [5.41, 5.74) is -0.141. The Bertz CT molecular complexity index is 471. The van der Waals surface area contributed by atoms with Crippen LogP contribution in [0.25, 0.3) is 0 Å². The highest BCUT2D eigenvalue weighted by Gasteiger charge is 2.18. The normalized spacial score (nSPS) is 17.4. The van der Waals surface area contributed by atoms with Gasteiger partial charge in [-0.15, -0.1) is 0 Å². The van der Waals surface area contributed by atoms with E-state index in [1.54, 1.807) is 0 Å². The zero-order valence-corrected chi connectivity index (χ0v) is 11.7. The van der Waals surface area contributed by atoms with E-state index in [0.717, 1.165) is 38.8 Å². The summed E-state index contributed by atoms with van der Waals surface area (Å²) in [5, 5.41) is 0. The number of rotatable bonds is 5. The van der Waals surface area contributed by atoms with Gasteiger partial charge in [0.25, 0.3) is 0 Å². The smallest absolute Gasteiger partial charge is 0.169 e. The van der Waals surface area contributed by atoms with Crippen molar-refractivity contribution in [3.63, 3.8) is 0 Å². The first-order valence-electron chi connectivity index (χ1n) is 7.03. The van der Waals surface area contributed by atoms with Crippen LogP contribution in [0.3, 0.4) is 0 Å². The molecule has 5 heteroatoms. The van der Waals surface area contributed by atoms with Crippen LogP contribution in [-0.2, 0) is 0 Å². The van der Waals surface area contributed by atoms with Gasteiger partial charge in [0.15, 0.2) is 17.4 Å². The summed E-state index contributed by atoms with van der Waals surface area (Å²) in [6.07, 6.45) is 0.229. The van der Waals surface area contributed by atoms with Crippen LogP contribution in [0.1, 0.15) is 23.7 Å². The third-order valence-corrected chi connectivity index (χ3v) is 3.82. The van der Waals surface area contributed by atoms with Crippen LogP contribution in [0.5, 0.6) is 0 Å². The average Bonchev–Trinajstić information content (AvgIpc) is 2.48. The summed E-state index contributed by atoms with van der Waals surface area (Å²) in [4.78, 5) is 16.5. The summed E-state index contributed by atoms with van der Waals surface area (Å²) >= 11 is 0. The van der Waals surface area contributed by atoms with Gasteiger partial charge in [0, 0.05) is 39.1 Å². The van der Waals surface area contributed by atoms with Crippen LogP contribution < -0.4 is 0 Å². The van der Waals surface area contributed by atoms with E-state index in [9.17, 15) is 13.6 Å². The van der Waals surface area contributed by atoms with Crippen LogP contribution in [-0.4, -0.2) is 54.9 Å². The van der Waals surface area contributed by atoms with Crippen molar-refractivity contribution in [3.05, 3.63) is 35.4 Å². The number of carbonyl (C=O) groups is 1. The highest BCUT2D eigenvalue weighted by Crippen LogP contribution is 2.14. The van der Waals surface area contributed by atoms with Gasteiger partial charge in [-0.05, 0) is 18.7 Å². The molecule has 0 saturated carbocycles. The minimum atomic E-state index is -1.03. The summed E-state index contributed by atoms with van der Waals surface area (Å²) in [6.45, 7) is 7.62. The average molecular weight is 282 g/mol. The predicted octanol–water partition coefficient (Wildman–Crippen LogP) is 2.18. The minimum Gasteiger partial charge on any atom is -0.301 e. The van der Waals surface area contributed by atoms with E-state index >= 15 is 0 Å². The largest absolute Gasteiger partial charge is 0.301 e. The maximum atomic E-state index is 13.5.